The summed E-state index contributed by atoms with van der Waals surface area (Å²) >= 11 is 3.58. The van der Waals surface area contributed by atoms with Gasteiger partial charge in [-0.2, -0.15) is 10.1 Å². The fourth-order valence-electron chi connectivity index (χ4n) is 10.1. The van der Waals surface area contributed by atoms with Gasteiger partial charge in [0.1, 0.15) is 23.4 Å². The van der Waals surface area contributed by atoms with Crippen molar-refractivity contribution in [3.8, 4) is 16.9 Å². The molecule has 0 saturated carbocycles. The lowest BCUT2D eigenvalue weighted by Crippen LogP contribution is -2.54. The highest BCUT2D eigenvalue weighted by Gasteiger charge is 2.46. The van der Waals surface area contributed by atoms with Gasteiger partial charge in [0.25, 0.3) is 11.8 Å². The second-order valence-electron chi connectivity index (χ2n) is 19.1. The van der Waals surface area contributed by atoms with E-state index >= 15 is 4.39 Å². The third-order valence-electron chi connectivity index (χ3n) is 14.6. The van der Waals surface area contributed by atoms with Crippen LogP contribution >= 0.6 is 23.5 Å². The van der Waals surface area contributed by atoms with Gasteiger partial charge in [0.05, 0.1) is 51.3 Å². The van der Waals surface area contributed by atoms with Gasteiger partial charge in [0.15, 0.2) is 0 Å². The number of ether oxygens (including phenoxy) is 1. The van der Waals surface area contributed by atoms with Gasteiger partial charge in [-0.1, -0.05) is 13.0 Å². The number of amides is 4. The third-order valence-corrected chi connectivity index (χ3v) is 17.3. The van der Waals surface area contributed by atoms with Crippen LogP contribution in [0.15, 0.2) is 59.5 Å². The van der Waals surface area contributed by atoms with E-state index in [4.69, 9.17) is 18.8 Å². The zero-order valence-corrected chi connectivity index (χ0v) is 43.8. The summed E-state index contributed by atoms with van der Waals surface area (Å²) in [6.45, 7) is 11.4. The van der Waals surface area contributed by atoms with Crippen molar-refractivity contribution in [3.05, 3.63) is 87.5 Å². The molecule has 22 heteroatoms. The molecular formula is C50H58BrFN11O8P. The molecule has 0 aliphatic carbocycles. The number of nitrogens with one attached hydrogen (secondary N) is 3. The van der Waals surface area contributed by atoms with Gasteiger partial charge in [-0.15, -0.1) is 0 Å². The van der Waals surface area contributed by atoms with Crippen molar-refractivity contribution in [3.63, 3.8) is 0 Å². The quantitative estimate of drug-likeness (QED) is 0.0699. The average Bonchev–Trinajstić information content (AvgIpc) is 3.91. The molecule has 4 aliphatic heterocycles. The van der Waals surface area contributed by atoms with Crippen molar-refractivity contribution in [1.82, 2.24) is 34.9 Å². The lowest BCUT2D eigenvalue weighted by atomic mass is 9.77. The first-order valence-electron chi connectivity index (χ1n) is 23.8. The minimum Gasteiger partial charge on any atom is -0.494 e. The van der Waals surface area contributed by atoms with Crippen LogP contribution in [0.25, 0.3) is 11.1 Å². The molecule has 3 aromatic carbocycles. The second-order valence-corrected chi connectivity index (χ2v) is 22.1. The molecule has 4 amide bonds. The molecule has 3 N–H and O–H groups in total. The molecule has 6 heterocycles. The highest BCUT2D eigenvalue weighted by atomic mass is 79.9. The van der Waals surface area contributed by atoms with Gasteiger partial charge in [-0.25, -0.2) is 9.37 Å². The lowest BCUT2D eigenvalue weighted by molar-refractivity contribution is -0.136. The summed E-state index contributed by atoms with van der Waals surface area (Å²) in [6, 6.07) is 9.24. The Morgan fingerprint density at radius 3 is 2.22 bits per heavy atom. The Balaban J connectivity index is 0.851. The summed E-state index contributed by atoms with van der Waals surface area (Å²) in [5, 5.41) is 13.8. The largest absolute Gasteiger partial charge is 0.494 e. The van der Waals surface area contributed by atoms with Gasteiger partial charge >= 0.3 is 7.60 Å². The van der Waals surface area contributed by atoms with E-state index in [-0.39, 0.29) is 41.0 Å². The van der Waals surface area contributed by atoms with Crippen molar-refractivity contribution < 1.29 is 41.9 Å². The Hall–Kier alpha value is -6.25. The van der Waals surface area contributed by atoms with Gasteiger partial charge in [-0.05, 0) is 103 Å². The van der Waals surface area contributed by atoms with Gasteiger partial charge in [0.2, 0.25) is 17.8 Å². The number of piperazine rings is 1. The minimum absolute atomic E-state index is 0.00746. The van der Waals surface area contributed by atoms with Crippen LogP contribution in [0.1, 0.15) is 70.9 Å². The second kappa shape index (κ2) is 20.3. The van der Waals surface area contributed by atoms with Crippen molar-refractivity contribution in [1.29, 1.82) is 0 Å². The summed E-state index contributed by atoms with van der Waals surface area (Å²) in [7, 11) is 2.57. The van der Waals surface area contributed by atoms with Crippen LogP contribution in [0, 0.1) is 25.1 Å². The first-order valence-corrected chi connectivity index (χ1v) is 26.1. The molecule has 4 aliphatic rings. The number of hydrogen-bond donors (Lipinski definition) is 3. The molecule has 3 fully saturated rings. The molecular weight excluding hydrogens is 1010 g/mol. The first kappa shape index (κ1) is 50.7. The molecule has 19 nitrogen and oxygen atoms in total. The van der Waals surface area contributed by atoms with Gasteiger partial charge in [-0.3, -0.25) is 43.5 Å². The van der Waals surface area contributed by atoms with Gasteiger partial charge in [0, 0.05) is 102 Å². The number of aromatic nitrogens is 4. The van der Waals surface area contributed by atoms with Crippen molar-refractivity contribution in [2.45, 2.75) is 58.9 Å². The maximum atomic E-state index is 15.7. The molecule has 380 valence electrons. The highest BCUT2D eigenvalue weighted by Crippen LogP contribution is 2.49. The Morgan fingerprint density at radius 2 is 1.57 bits per heavy atom. The number of anilines is 6. The molecule has 1 atom stereocenters. The Kier molecular flexibility index (Phi) is 14.3. The van der Waals surface area contributed by atoms with E-state index in [2.05, 4.69) is 58.7 Å². The predicted octanol–water partition coefficient (Wildman–Crippen LogP) is 7.22. The molecule has 3 saturated heterocycles. The minimum atomic E-state index is -3.66. The number of carbonyl (C=O) groups is 4. The van der Waals surface area contributed by atoms with E-state index in [9.17, 15) is 23.7 Å². The number of methoxy groups -OCH3 is 1. The summed E-state index contributed by atoms with van der Waals surface area (Å²) in [5.41, 5.74) is 6.00. The molecule has 0 radical (unpaired) electrons. The first-order chi connectivity index (χ1) is 34.4. The molecule has 72 heavy (non-hydrogen) atoms. The number of carbonyl (C=O) groups excluding carboxylic acids is 4. The maximum Gasteiger partial charge on any atom is 0.363 e. The van der Waals surface area contributed by atoms with Gasteiger partial charge < -0.3 is 34.2 Å². The van der Waals surface area contributed by atoms with E-state index < -0.39 is 43.1 Å². The molecule has 0 bridgehead atoms. The van der Waals surface area contributed by atoms with Crippen LogP contribution in [-0.4, -0.2) is 126 Å². The van der Waals surface area contributed by atoms with Crippen LogP contribution in [0.5, 0.6) is 5.75 Å². The fraction of sp³-hybridized carbons (Fsp3) is 0.420. The average molecular weight is 1070 g/mol. The molecule has 1 unspecified atom stereocenters. The van der Waals surface area contributed by atoms with Crippen LogP contribution < -0.4 is 35.8 Å². The van der Waals surface area contributed by atoms with E-state index in [1.54, 1.807) is 18.0 Å². The van der Waals surface area contributed by atoms with Crippen LogP contribution in [0.3, 0.4) is 0 Å². The summed E-state index contributed by atoms with van der Waals surface area (Å²) in [6.07, 6.45) is 8.07. The monoisotopic (exact) mass is 1070 g/mol. The molecule has 0 spiro atoms. The number of halogens is 2. The van der Waals surface area contributed by atoms with Crippen LogP contribution in [0.4, 0.5) is 38.9 Å². The molecule has 2 aromatic heterocycles. The SMILES string of the molecule is COc1cc(N2CCN(CCC3(C)CCN(c4cc5c(cc4F)C(=O)N(C4CCC(=O)NC4=O)C5=O)CC3)CC2)c(-c2cnn(C)c2)cc1Nc1ncc(Br)c(Nc2ccc(C)c(C)c2P(=O)(OC)OC)n1. The van der Waals surface area contributed by atoms with E-state index in [0.717, 1.165) is 90.9 Å². The zero-order valence-electron chi connectivity index (χ0n) is 41.3. The standard InChI is InChI=1S/C50H58BrFN11O8P/c1-29-8-9-37(44(30(29)2)72(68,70-6)71-7)55-45-35(51)27-53-49(58-45)56-38-23-32(31-26-54-59(4)28-31)40(25-42(38)69-5)62-20-18-60(19-21-62)15-12-50(3)13-16-61(17-14-50)41-24-34-33(22-36(41)52)47(66)63(48(34)67)39-10-11-43(64)57-46(39)65/h8-9,22-28,39H,10-21H2,1-7H3,(H,57,64,65)(H2,53,55,56,58). The highest BCUT2D eigenvalue weighted by molar-refractivity contribution is 9.10. The predicted molar refractivity (Wildman–Crippen MR) is 275 cm³/mol. The number of rotatable bonds is 15. The summed E-state index contributed by atoms with van der Waals surface area (Å²) in [4.78, 5) is 68.0. The normalized spacial score (nSPS) is 18.4. The maximum absolute atomic E-state index is 15.7. The molecule has 9 rings (SSSR count). The number of benzene rings is 3. The fourth-order valence-corrected chi connectivity index (χ4v) is 11.9. The Morgan fingerprint density at radius 1 is 0.875 bits per heavy atom. The van der Waals surface area contributed by atoms with E-state index in [1.165, 1.54) is 20.3 Å². The number of aryl methyl sites for hydroxylation is 2. The number of imide groups is 2. The number of hydrogen-bond acceptors (Lipinski definition) is 16. The zero-order chi connectivity index (χ0) is 51.2. The van der Waals surface area contributed by atoms with Crippen molar-refractivity contribution in [2.75, 3.05) is 87.6 Å². The summed E-state index contributed by atoms with van der Waals surface area (Å²) < 4.78 is 48.6. The number of piperidine rings is 2. The van der Waals surface area contributed by atoms with E-state index in [1.807, 2.05) is 62.5 Å². The molecule has 5 aromatic rings. The topological polar surface area (TPSA) is 206 Å². The van der Waals surface area contributed by atoms with E-state index in [0.29, 0.717) is 45.8 Å². The number of fused-ring (bicyclic) bond motifs is 1. The smallest absolute Gasteiger partial charge is 0.363 e. The third kappa shape index (κ3) is 9.84. The van der Waals surface area contributed by atoms with Crippen molar-refractivity contribution in [2.24, 2.45) is 12.5 Å². The summed E-state index contributed by atoms with van der Waals surface area (Å²) in [5.74, 6) is -1.84. The Bertz CT molecular complexity index is 3020. The van der Waals surface area contributed by atoms with Crippen molar-refractivity contribution >= 4 is 87.0 Å². The van der Waals surface area contributed by atoms with Crippen LogP contribution in [-0.2, 0) is 30.2 Å². The Labute approximate surface area is 425 Å². The van der Waals surface area contributed by atoms with Crippen LogP contribution in [0.2, 0.25) is 0 Å². The number of nitrogens with zero attached hydrogens (tertiary/aromatic N) is 8. The lowest BCUT2D eigenvalue weighted by Gasteiger charge is -2.43.